The van der Waals surface area contributed by atoms with Gasteiger partial charge in [0.2, 0.25) is 5.91 Å². The SMILES string of the molecule is CCOC(=O)C(N)C(=O)NCCCC#N. The minimum absolute atomic E-state index is 0.189. The van der Waals surface area contributed by atoms with Gasteiger partial charge in [-0.2, -0.15) is 5.26 Å². The summed E-state index contributed by atoms with van der Waals surface area (Å²) in [5.41, 5.74) is 5.31. The van der Waals surface area contributed by atoms with Crippen molar-refractivity contribution >= 4 is 11.9 Å². The van der Waals surface area contributed by atoms with Crippen molar-refractivity contribution in [2.45, 2.75) is 25.8 Å². The molecule has 1 atom stereocenters. The highest BCUT2D eigenvalue weighted by Gasteiger charge is 2.22. The Kier molecular flexibility index (Phi) is 6.93. The van der Waals surface area contributed by atoms with Crippen molar-refractivity contribution in [3.8, 4) is 6.07 Å². The third-order valence-corrected chi connectivity index (χ3v) is 1.59. The van der Waals surface area contributed by atoms with Crippen LogP contribution in [0.15, 0.2) is 0 Å². The molecule has 15 heavy (non-hydrogen) atoms. The normalized spacial score (nSPS) is 11.3. The van der Waals surface area contributed by atoms with Gasteiger partial charge >= 0.3 is 5.97 Å². The third-order valence-electron chi connectivity index (χ3n) is 1.59. The fraction of sp³-hybridized carbons (Fsp3) is 0.667. The molecule has 84 valence electrons. The molecule has 6 nitrogen and oxygen atoms in total. The van der Waals surface area contributed by atoms with Gasteiger partial charge in [0.15, 0.2) is 6.04 Å². The van der Waals surface area contributed by atoms with Gasteiger partial charge in [0.25, 0.3) is 0 Å². The number of rotatable bonds is 6. The van der Waals surface area contributed by atoms with Crippen LogP contribution < -0.4 is 11.1 Å². The Hall–Kier alpha value is -1.61. The Morgan fingerprint density at radius 1 is 1.60 bits per heavy atom. The van der Waals surface area contributed by atoms with E-state index in [1.807, 2.05) is 6.07 Å². The van der Waals surface area contributed by atoms with Crippen LogP contribution in [0.3, 0.4) is 0 Å². The molecule has 0 radical (unpaired) electrons. The van der Waals surface area contributed by atoms with E-state index in [-0.39, 0.29) is 6.61 Å². The van der Waals surface area contributed by atoms with Gasteiger partial charge in [-0.1, -0.05) is 0 Å². The molecule has 0 spiro atoms. The molecule has 0 aliphatic heterocycles. The van der Waals surface area contributed by atoms with Crippen LogP contribution in [0.25, 0.3) is 0 Å². The fourth-order valence-corrected chi connectivity index (χ4v) is 0.828. The number of nitriles is 1. The fourth-order valence-electron chi connectivity index (χ4n) is 0.828. The van der Waals surface area contributed by atoms with Crippen LogP contribution in [-0.4, -0.2) is 31.1 Å². The lowest BCUT2D eigenvalue weighted by Gasteiger charge is -2.10. The molecule has 0 saturated heterocycles. The average molecular weight is 213 g/mol. The quantitative estimate of drug-likeness (QED) is 0.344. The van der Waals surface area contributed by atoms with Gasteiger partial charge in [-0.3, -0.25) is 4.79 Å². The summed E-state index contributed by atoms with van der Waals surface area (Å²) >= 11 is 0. The molecule has 3 N–H and O–H groups in total. The smallest absolute Gasteiger partial charge is 0.332 e. The largest absolute Gasteiger partial charge is 0.464 e. The lowest BCUT2D eigenvalue weighted by Crippen LogP contribution is -2.47. The molecule has 0 aromatic rings. The van der Waals surface area contributed by atoms with E-state index >= 15 is 0 Å². The lowest BCUT2D eigenvalue weighted by atomic mass is 10.3. The predicted octanol–water partition coefficient (Wildman–Crippen LogP) is -0.703. The summed E-state index contributed by atoms with van der Waals surface area (Å²) < 4.78 is 4.58. The van der Waals surface area contributed by atoms with Crippen LogP contribution >= 0.6 is 0 Å². The Balaban J connectivity index is 3.79. The highest BCUT2D eigenvalue weighted by atomic mass is 16.5. The van der Waals surface area contributed by atoms with Crippen molar-refractivity contribution in [1.82, 2.24) is 5.32 Å². The number of nitrogens with zero attached hydrogens (tertiary/aromatic N) is 1. The van der Waals surface area contributed by atoms with E-state index in [1.165, 1.54) is 0 Å². The molecule has 0 aromatic carbocycles. The molecular weight excluding hydrogens is 198 g/mol. The van der Waals surface area contributed by atoms with E-state index in [4.69, 9.17) is 11.0 Å². The molecule has 0 saturated carbocycles. The van der Waals surface area contributed by atoms with Crippen LogP contribution in [0.2, 0.25) is 0 Å². The maximum Gasteiger partial charge on any atom is 0.332 e. The van der Waals surface area contributed by atoms with Gasteiger partial charge in [0, 0.05) is 13.0 Å². The highest BCUT2D eigenvalue weighted by Crippen LogP contribution is 1.88. The first kappa shape index (κ1) is 13.4. The second-order valence-corrected chi connectivity index (χ2v) is 2.78. The minimum Gasteiger partial charge on any atom is -0.464 e. The summed E-state index contributed by atoms with van der Waals surface area (Å²) in [6, 6.07) is 0.654. The Labute approximate surface area is 88.4 Å². The molecule has 0 bridgehead atoms. The molecule has 1 unspecified atom stereocenters. The number of hydrogen-bond donors (Lipinski definition) is 2. The Morgan fingerprint density at radius 3 is 2.80 bits per heavy atom. The van der Waals surface area contributed by atoms with Crippen LogP contribution in [0, 0.1) is 11.3 Å². The van der Waals surface area contributed by atoms with Crippen molar-refractivity contribution in [3.05, 3.63) is 0 Å². The number of nitrogens with one attached hydrogen (secondary N) is 1. The molecule has 0 aliphatic rings. The summed E-state index contributed by atoms with van der Waals surface area (Å²) in [4.78, 5) is 22.2. The Morgan fingerprint density at radius 2 is 2.27 bits per heavy atom. The monoisotopic (exact) mass is 213 g/mol. The molecule has 6 heteroatoms. The van der Waals surface area contributed by atoms with Crippen LogP contribution in [0.1, 0.15) is 19.8 Å². The number of ether oxygens (including phenoxy) is 1. The summed E-state index contributed by atoms with van der Waals surface area (Å²) in [6.45, 7) is 2.16. The molecule has 0 fully saturated rings. The number of carbonyl (C=O) groups excluding carboxylic acids is 2. The molecule has 0 heterocycles. The summed E-state index contributed by atoms with van der Waals surface area (Å²) in [7, 11) is 0. The van der Waals surface area contributed by atoms with Gasteiger partial charge in [0.1, 0.15) is 0 Å². The number of carbonyl (C=O) groups is 2. The van der Waals surface area contributed by atoms with Crippen molar-refractivity contribution in [2.75, 3.05) is 13.2 Å². The second-order valence-electron chi connectivity index (χ2n) is 2.78. The minimum atomic E-state index is -1.29. The van der Waals surface area contributed by atoms with E-state index in [1.54, 1.807) is 6.92 Å². The number of nitrogens with two attached hydrogens (primary N) is 1. The molecule has 0 aromatic heterocycles. The van der Waals surface area contributed by atoms with Crippen LogP contribution in [0.5, 0.6) is 0 Å². The van der Waals surface area contributed by atoms with E-state index in [0.29, 0.717) is 19.4 Å². The topological polar surface area (TPSA) is 105 Å². The van der Waals surface area contributed by atoms with Crippen molar-refractivity contribution in [2.24, 2.45) is 5.73 Å². The first-order valence-electron chi connectivity index (χ1n) is 4.70. The van der Waals surface area contributed by atoms with Crippen molar-refractivity contribution in [1.29, 1.82) is 5.26 Å². The highest BCUT2D eigenvalue weighted by molar-refractivity contribution is 6.01. The standard InChI is InChI=1S/C9H15N3O3/c1-2-15-9(14)7(11)8(13)12-6-4-3-5-10/h7H,2-4,6,11H2,1H3,(H,12,13). The van der Waals surface area contributed by atoms with Crippen LogP contribution in [-0.2, 0) is 14.3 Å². The van der Waals surface area contributed by atoms with E-state index in [0.717, 1.165) is 0 Å². The number of esters is 1. The Bertz CT molecular complexity index is 260. The van der Waals surface area contributed by atoms with Crippen molar-refractivity contribution in [3.63, 3.8) is 0 Å². The maximum absolute atomic E-state index is 11.2. The maximum atomic E-state index is 11.2. The summed E-state index contributed by atoms with van der Waals surface area (Å²) in [5.74, 6) is -1.32. The van der Waals surface area contributed by atoms with Crippen molar-refractivity contribution < 1.29 is 14.3 Å². The molecular formula is C9H15N3O3. The van der Waals surface area contributed by atoms with Gasteiger partial charge in [-0.05, 0) is 13.3 Å². The molecule has 0 aliphatic carbocycles. The van der Waals surface area contributed by atoms with E-state index in [9.17, 15) is 9.59 Å². The zero-order valence-corrected chi connectivity index (χ0v) is 8.66. The van der Waals surface area contributed by atoms with Gasteiger partial charge < -0.3 is 15.8 Å². The zero-order valence-electron chi connectivity index (χ0n) is 8.66. The van der Waals surface area contributed by atoms with Crippen LogP contribution in [0.4, 0.5) is 0 Å². The van der Waals surface area contributed by atoms with E-state index < -0.39 is 17.9 Å². The lowest BCUT2D eigenvalue weighted by molar-refractivity contribution is -0.147. The zero-order chi connectivity index (χ0) is 11.7. The van der Waals surface area contributed by atoms with Gasteiger partial charge in [0.05, 0.1) is 12.7 Å². The number of unbranched alkanes of at least 4 members (excludes halogenated alkanes) is 1. The second kappa shape index (κ2) is 7.76. The first-order chi connectivity index (χ1) is 7.13. The number of amides is 1. The average Bonchev–Trinajstić information content (AvgIpc) is 2.23. The van der Waals surface area contributed by atoms with E-state index in [2.05, 4.69) is 10.1 Å². The number of hydrogen-bond acceptors (Lipinski definition) is 5. The predicted molar refractivity (Wildman–Crippen MR) is 52.5 cm³/mol. The molecule has 1 amide bonds. The first-order valence-corrected chi connectivity index (χ1v) is 4.70. The summed E-state index contributed by atoms with van der Waals surface area (Å²) in [6.07, 6.45) is 0.896. The summed E-state index contributed by atoms with van der Waals surface area (Å²) in [5, 5.41) is 10.7. The molecule has 0 rings (SSSR count). The van der Waals surface area contributed by atoms with Gasteiger partial charge in [-0.25, -0.2) is 4.79 Å². The third kappa shape index (κ3) is 5.65. The van der Waals surface area contributed by atoms with Gasteiger partial charge in [-0.15, -0.1) is 0 Å².